The van der Waals surface area contributed by atoms with E-state index in [4.69, 9.17) is 4.74 Å². The van der Waals surface area contributed by atoms with Gasteiger partial charge < -0.3 is 14.8 Å². The van der Waals surface area contributed by atoms with Gasteiger partial charge in [-0.3, -0.25) is 0 Å². The second-order valence-electron chi connectivity index (χ2n) is 4.44. The number of rotatable bonds is 5. The molecule has 0 aromatic carbocycles. The van der Waals surface area contributed by atoms with Crippen molar-refractivity contribution in [3.8, 4) is 0 Å². The highest BCUT2D eigenvalue weighted by atomic mass is 16.5. The molecule has 0 saturated heterocycles. The van der Waals surface area contributed by atoms with Crippen molar-refractivity contribution in [1.82, 2.24) is 5.32 Å². The number of ether oxygens (including phenoxy) is 2. The van der Waals surface area contributed by atoms with Crippen LogP contribution in [0.15, 0.2) is 36.4 Å². The predicted molar refractivity (Wildman–Crippen MR) is 68.0 cm³/mol. The SMILES string of the molecule is C=C(NC(=C)/C(=C\C)C(=O)OC)OC(C)(C)C. The molecule has 0 heterocycles. The fourth-order valence-electron chi connectivity index (χ4n) is 1.16. The molecule has 0 amide bonds. The Kier molecular flexibility index (Phi) is 5.51. The summed E-state index contributed by atoms with van der Waals surface area (Å²) < 4.78 is 10.1. The van der Waals surface area contributed by atoms with Gasteiger partial charge in [-0.05, 0) is 34.3 Å². The van der Waals surface area contributed by atoms with E-state index in [-0.39, 0.29) is 5.60 Å². The second-order valence-corrected chi connectivity index (χ2v) is 4.44. The number of hydrogen-bond acceptors (Lipinski definition) is 4. The summed E-state index contributed by atoms with van der Waals surface area (Å²) in [5, 5.41) is 2.82. The fraction of sp³-hybridized carbons (Fsp3) is 0.462. The van der Waals surface area contributed by atoms with Crippen LogP contribution in [0.2, 0.25) is 0 Å². The number of esters is 1. The van der Waals surface area contributed by atoms with Crippen LogP contribution in [-0.2, 0) is 14.3 Å². The summed E-state index contributed by atoms with van der Waals surface area (Å²) >= 11 is 0. The van der Waals surface area contributed by atoms with Crippen LogP contribution in [0.4, 0.5) is 0 Å². The highest BCUT2D eigenvalue weighted by Gasteiger charge is 2.16. The molecule has 0 aromatic rings. The molecular weight excluding hydrogens is 218 g/mol. The van der Waals surface area contributed by atoms with Crippen LogP contribution in [0.3, 0.4) is 0 Å². The van der Waals surface area contributed by atoms with Gasteiger partial charge in [0.15, 0.2) is 5.88 Å². The summed E-state index contributed by atoms with van der Waals surface area (Å²) in [4.78, 5) is 11.4. The van der Waals surface area contributed by atoms with E-state index in [1.54, 1.807) is 13.0 Å². The van der Waals surface area contributed by atoms with Gasteiger partial charge in [-0.25, -0.2) is 4.79 Å². The minimum absolute atomic E-state index is 0.339. The van der Waals surface area contributed by atoms with Crippen molar-refractivity contribution in [2.45, 2.75) is 33.3 Å². The molecule has 4 heteroatoms. The van der Waals surface area contributed by atoms with Gasteiger partial charge in [0.25, 0.3) is 0 Å². The molecule has 0 aliphatic carbocycles. The van der Waals surface area contributed by atoms with Crippen molar-refractivity contribution >= 4 is 5.97 Å². The quantitative estimate of drug-likeness (QED) is 0.346. The average Bonchev–Trinajstić information content (AvgIpc) is 2.15. The van der Waals surface area contributed by atoms with Gasteiger partial charge in [-0.15, -0.1) is 0 Å². The summed E-state index contributed by atoms with van der Waals surface area (Å²) in [6, 6.07) is 0. The van der Waals surface area contributed by atoms with E-state index in [9.17, 15) is 4.79 Å². The molecule has 0 rings (SSSR count). The maximum atomic E-state index is 11.4. The van der Waals surface area contributed by atoms with E-state index in [0.29, 0.717) is 17.2 Å². The lowest BCUT2D eigenvalue weighted by molar-refractivity contribution is -0.135. The van der Waals surface area contributed by atoms with Crippen LogP contribution in [0, 0.1) is 0 Å². The third kappa shape index (κ3) is 5.80. The zero-order valence-corrected chi connectivity index (χ0v) is 11.2. The first-order chi connectivity index (χ1) is 7.71. The molecule has 0 bridgehead atoms. The number of carbonyl (C=O) groups is 1. The van der Waals surface area contributed by atoms with E-state index in [2.05, 4.69) is 23.2 Å². The Hall–Kier alpha value is -1.71. The van der Waals surface area contributed by atoms with Crippen LogP contribution in [-0.4, -0.2) is 18.7 Å². The van der Waals surface area contributed by atoms with Crippen LogP contribution < -0.4 is 5.32 Å². The molecule has 4 nitrogen and oxygen atoms in total. The smallest absolute Gasteiger partial charge is 0.339 e. The number of methoxy groups -OCH3 is 1. The minimum Gasteiger partial charge on any atom is -0.474 e. The Morgan fingerprint density at radius 2 is 1.82 bits per heavy atom. The van der Waals surface area contributed by atoms with Gasteiger partial charge in [-0.2, -0.15) is 0 Å². The highest BCUT2D eigenvalue weighted by Crippen LogP contribution is 2.14. The van der Waals surface area contributed by atoms with Gasteiger partial charge in [0.1, 0.15) is 5.60 Å². The summed E-state index contributed by atoms with van der Waals surface area (Å²) in [6.45, 7) is 14.9. The van der Waals surface area contributed by atoms with Crippen molar-refractivity contribution in [3.05, 3.63) is 36.4 Å². The van der Waals surface area contributed by atoms with Gasteiger partial charge in [0.05, 0.1) is 12.7 Å². The zero-order chi connectivity index (χ0) is 13.6. The molecule has 0 fully saturated rings. The molecule has 0 atom stereocenters. The lowest BCUT2D eigenvalue weighted by Crippen LogP contribution is -2.26. The van der Waals surface area contributed by atoms with Gasteiger partial charge >= 0.3 is 5.97 Å². The summed E-state index contributed by atoms with van der Waals surface area (Å²) in [5.41, 5.74) is 0.394. The summed E-state index contributed by atoms with van der Waals surface area (Å²) in [5.74, 6) is -0.112. The topological polar surface area (TPSA) is 47.6 Å². The maximum Gasteiger partial charge on any atom is 0.339 e. The molecule has 0 spiro atoms. The third-order valence-electron chi connectivity index (χ3n) is 1.74. The van der Waals surface area contributed by atoms with E-state index >= 15 is 0 Å². The van der Waals surface area contributed by atoms with Crippen molar-refractivity contribution < 1.29 is 14.3 Å². The largest absolute Gasteiger partial charge is 0.474 e. The molecule has 17 heavy (non-hydrogen) atoms. The van der Waals surface area contributed by atoms with Crippen LogP contribution in [0.25, 0.3) is 0 Å². The number of hydrogen-bond donors (Lipinski definition) is 1. The Bertz CT molecular complexity index is 348. The molecule has 0 unspecified atom stereocenters. The average molecular weight is 239 g/mol. The molecule has 0 aliphatic heterocycles. The van der Waals surface area contributed by atoms with E-state index in [1.165, 1.54) is 7.11 Å². The Labute approximate surface area is 103 Å². The summed E-state index contributed by atoms with van der Waals surface area (Å²) in [6.07, 6.45) is 1.62. The number of allylic oxidation sites excluding steroid dienone is 1. The minimum atomic E-state index is -0.450. The Morgan fingerprint density at radius 1 is 1.29 bits per heavy atom. The molecule has 0 aliphatic rings. The molecule has 0 aromatic heterocycles. The van der Waals surface area contributed by atoms with Gasteiger partial charge in [0, 0.05) is 5.70 Å². The van der Waals surface area contributed by atoms with Crippen molar-refractivity contribution in [1.29, 1.82) is 0 Å². The molecule has 0 saturated carbocycles. The number of carbonyl (C=O) groups excluding carboxylic acids is 1. The highest BCUT2D eigenvalue weighted by molar-refractivity contribution is 5.92. The molecular formula is C13H21NO3. The standard InChI is InChI=1S/C13H21NO3/c1-8-11(12(15)16-7)9(2)14-10(3)17-13(4,5)6/h8,14H,2-3H2,1,4-7H3/b11-8+. The lowest BCUT2D eigenvalue weighted by atomic mass is 10.2. The van der Waals surface area contributed by atoms with Crippen LogP contribution in [0.5, 0.6) is 0 Å². The van der Waals surface area contributed by atoms with Crippen LogP contribution in [0.1, 0.15) is 27.7 Å². The molecule has 96 valence electrons. The Balaban J connectivity index is 4.55. The van der Waals surface area contributed by atoms with E-state index < -0.39 is 5.97 Å². The van der Waals surface area contributed by atoms with Crippen molar-refractivity contribution in [2.75, 3.05) is 7.11 Å². The zero-order valence-electron chi connectivity index (χ0n) is 11.2. The number of nitrogens with one attached hydrogen (secondary N) is 1. The normalized spacial score (nSPS) is 11.7. The first-order valence-electron chi connectivity index (χ1n) is 5.30. The first kappa shape index (κ1) is 15.3. The van der Waals surface area contributed by atoms with E-state index in [1.807, 2.05) is 20.8 Å². The third-order valence-corrected chi connectivity index (χ3v) is 1.74. The Morgan fingerprint density at radius 3 is 2.18 bits per heavy atom. The monoisotopic (exact) mass is 239 g/mol. The fourth-order valence-corrected chi connectivity index (χ4v) is 1.16. The summed E-state index contributed by atoms with van der Waals surface area (Å²) in [7, 11) is 1.32. The predicted octanol–water partition coefficient (Wildman–Crippen LogP) is 2.50. The molecule has 0 radical (unpaired) electrons. The van der Waals surface area contributed by atoms with Crippen molar-refractivity contribution in [2.24, 2.45) is 0 Å². The van der Waals surface area contributed by atoms with Gasteiger partial charge in [-0.1, -0.05) is 12.7 Å². The van der Waals surface area contributed by atoms with Gasteiger partial charge in [0.2, 0.25) is 0 Å². The maximum absolute atomic E-state index is 11.4. The first-order valence-corrected chi connectivity index (χ1v) is 5.30. The lowest BCUT2D eigenvalue weighted by Gasteiger charge is -2.24. The van der Waals surface area contributed by atoms with E-state index in [0.717, 1.165) is 0 Å². The van der Waals surface area contributed by atoms with Crippen molar-refractivity contribution in [3.63, 3.8) is 0 Å². The van der Waals surface area contributed by atoms with Crippen LogP contribution >= 0.6 is 0 Å². The molecule has 1 N–H and O–H groups in total. The second kappa shape index (κ2) is 6.13.